The highest BCUT2D eigenvalue weighted by Crippen LogP contribution is 2.34. The van der Waals surface area contributed by atoms with Gasteiger partial charge in [-0.05, 0) is 41.8 Å². The van der Waals surface area contributed by atoms with Crippen LogP contribution in [-0.2, 0) is 11.8 Å². The van der Waals surface area contributed by atoms with Gasteiger partial charge in [-0.15, -0.1) is 0 Å². The summed E-state index contributed by atoms with van der Waals surface area (Å²) < 4.78 is 11.4. The number of nitrogens with one attached hydrogen (secondary N) is 2. The Labute approximate surface area is 190 Å². The third-order valence-electron chi connectivity index (χ3n) is 5.53. The maximum Gasteiger partial charge on any atom is 0.253 e. The fourth-order valence-corrected chi connectivity index (χ4v) is 3.53. The molecule has 2 N–H and O–H groups in total. The standard InChI is InChI=1S/C25H34N4O3/c1-25(2,20-9-10-21-22(16-20)32-14-13-31-21)17-28-24(26-3)27-12-11-18-7-6-8-19(15-18)23(30)29(4)5/h6-10,15-16H,11-14,17H2,1-5H3,(H2,26,27,28). The second-order valence-electron chi connectivity index (χ2n) is 8.74. The van der Waals surface area contributed by atoms with Gasteiger partial charge in [-0.1, -0.05) is 32.0 Å². The minimum Gasteiger partial charge on any atom is -0.486 e. The average molecular weight is 439 g/mol. The summed E-state index contributed by atoms with van der Waals surface area (Å²) in [5.41, 5.74) is 2.86. The summed E-state index contributed by atoms with van der Waals surface area (Å²) in [5.74, 6) is 2.37. The first-order valence-corrected chi connectivity index (χ1v) is 11.0. The molecule has 0 aliphatic carbocycles. The Morgan fingerprint density at radius 2 is 1.81 bits per heavy atom. The van der Waals surface area contributed by atoms with Crippen LogP contribution in [-0.4, -0.2) is 64.2 Å². The van der Waals surface area contributed by atoms with Crippen LogP contribution in [0.1, 0.15) is 35.3 Å². The molecule has 0 aromatic heterocycles. The maximum atomic E-state index is 12.2. The second-order valence-corrected chi connectivity index (χ2v) is 8.74. The lowest BCUT2D eigenvalue weighted by Gasteiger charge is -2.28. The number of aliphatic imine (C=N–C) groups is 1. The molecular formula is C25H34N4O3. The number of guanidine groups is 1. The Bertz CT molecular complexity index is 969. The van der Waals surface area contributed by atoms with E-state index in [9.17, 15) is 4.79 Å². The van der Waals surface area contributed by atoms with E-state index >= 15 is 0 Å². The molecule has 0 radical (unpaired) electrons. The minimum atomic E-state index is -0.131. The van der Waals surface area contributed by atoms with Crippen LogP contribution < -0.4 is 20.1 Å². The first-order valence-electron chi connectivity index (χ1n) is 11.0. The van der Waals surface area contributed by atoms with Crippen molar-refractivity contribution in [3.8, 4) is 11.5 Å². The third-order valence-corrected chi connectivity index (χ3v) is 5.53. The Balaban J connectivity index is 1.53. The largest absolute Gasteiger partial charge is 0.486 e. The molecule has 7 nitrogen and oxygen atoms in total. The Morgan fingerprint density at radius 3 is 2.53 bits per heavy atom. The van der Waals surface area contributed by atoms with E-state index in [-0.39, 0.29) is 11.3 Å². The van der Waals surface area contributed by atoms with E-state index in [1.54, 1.807) is 26.0 Å². The number of fused-ring (bicyclic) bond motifs is 1. The van der Waals surface area contributed by atoms with Crippen molar-refractivity contribution in [1.82, 2.24) is 15.5 Å². The van der Waals surface area contributed by atoms with Gasteiger partial charge in [0.25, 0.3) is 5.91 Å². The van der Waals surface area contributed by atoms with E-state index in [1.165, 1.54) is 5.56 Å². The quantitative estimate of drug-likeness (QED) is 0.514. The van der Waals surface area contributed by atoms with E-state index in [0.717, 1.165) is 29.4 Å². The van der Waals surface area contributed by atoms with E-state index < -0.39 is 0 Å². The zero-order chi connectivity index (χ0) is 23.1. The molecule has 2 aromatic rings. The number of ether oxygens (including phenoxy) is 2. The van der Waals surface area contributed by atoms with Gasteiger partial charge in [0.2, 0.25) is 0 Å². The topological polar surface area (TPSA) is 75.2 Å². The van der Waals surface area contributed by atoms with Crippen LogP contribution in [0.2, 0.25) is 0 Å². The molecule has 0 saturated carbocycles. The fourth-order valence-electron chi connectivity index (χ4n) is 3.53. The first-order chi connectivity index (χ1) is 15.3. The van der Waals surface area contributed by atoms with Crippen LogP contribution >= 0.6 is 0 Å². The van der Waals surface area contributed by atoms with E-state index in [4.69, 9.17) is 9.47 Å². The number of carbonyl (C=O) groups excluding carboxylic acids is 1. The molecule has 0 bridgehead atoms. The highest BCUT2D eigenvalue weighted by Gasteiger charge is 2.24. The maximum absolute atomic E-state index is 12.2. The molecule has 0 spiro atoms. The van der Waals surface area contributed by atoms with Gasteiger partial charge in [-0.2, -0.15) is 0 Å². The van der Waals surface area contributed by atoms with Crippen molar-refractivity contribution in [2.24, 2.45) is 4.99 Å². The molecule has 0 atom stereocenters. The van der Waals surface area contributed by atoms with Crippen LogP contribution in [0.3, 0.4) is 0 Å². The van der Waals surface area contributed by atoms with Crippen LogP contribution in [0, 0.1) is 0 Å². The zero-order valence-electron chi connectivity index (χ0n) is 19.7. The molecule has 0 saturated heterocycles. The molecule has 2 aromatic carbocycles. The molecule has 7 heteroatoms. The van der Waals surface area contributed by atoms with Gasteiger partial charge >= 0.3 is 0 Å². The minimum absolute atomic E-state index is 0.0126. The lowest BCUT2D eigenvalue weighted by atomic mass is 9.84. The number of carbonyl (C=O) groups is 1. The second kappa shape index (κ2) is 10.4. The van der Waals surface area contributed by atoms with Gasteiger partial charge in [0.15, 0.2) is 17.5 Å². The molecule has 0 unspecified atom stereocenters. The molecule has 1 aliphatic rings. The van der Waals surface area contributed by atoms with Crippen molar-refractivity contribution in [3.05, 3.63) is 59.2 Å². The lowest BCUT2D eigenvalue weighted by molar-refractivity contribution is 0.0827. The number of amides is 1. The van der Waals surface area contributed by atoms with Crippen molar-refractivity contribution in [2.45, 2.75) is 25.7 Å². The zero-order valence-corrected chi connectivity index (χ0v) is 19.7. The van der Waals surface area contributed by atoms with Crippen molar-refractivity contribution < 1.29 is 14.3 Å². The van der Waals surface area contributed by atoms with Crippen LogP contribution in [0.15, 0.2) is 47.5 Å². The number of benzene rings is 2. The third kappa shape index (κ3) is 5.93. The van der Waals surface area contributed by atoms with Crippen molar-refractivity contribution in [1.29, 1.82) is 0 Å². The van der Waals surface area contributed by atoms with Gasteiger partial charge in [-0.25, -0.2) is 0 Å². The highest BCUT2D eigenvalue weighted by atomic mass is 16.6. The summed E-state index contributed by atoms with van der Waals surface area (Å²) in [6.07, 6.45) is 0.792. The summed E-state index contributed by atoms with van der Waals surface area (Å²) in [6.45, 7) is 6.97. The summed E-state index contributed by atoms with van der Waals surface area (Å²) in [6, 6.07) is 13.9. The fraction of sp³-hybridized carbons (Fsp3) is 0.440. The lowest BCUT2D eigenvalue weighted by Crippen LogP contribution is -2.44. The predicted octanol–water partition coefficient (Wildman–Crippen LogP) is 2.84. The van der Waals surface area contributed by atoms with E-state index in [2.05, 4.69) is 41.6 Å². The highest BCUT2D eigenvalue weighted by molar-refractivity contribution is 5.94. The molecule has 1 heterocycles. The van der Waals surface area contributed by atoms with Gasteiger partial charge in [0, 0.05) is 45.2 Å². The number of hydrogen-bond acceptors (Lipinski definition) is 4. The summed E-state index contributed by atoms with van der Waals surface area (Å²) in [7, 11) is 5.29. The van der Waals surface area contributed by atoms with Crippen molar-refractivity contribution in [2.75, 3.05) is 47.4 Å². The number of nitrogens with zero attached hydrogens (tertiary/aromatic N) is 2. The molecule has 172 valence electrons. The average Bonchev–Trinajstić information content (AvgIpc) is 2.80. The summed E-state index contributed by atoms with van der Waals surface area (Å²) in [4.78, 5) is 18.1. The molecule has 32 heavy (non-hydrogen) atoms. The Morgan fingerprint density at radius 1 is 1.06 bits per heavy atom. The van der Waals surface area contributed by atoms with Crippen LogP contribution in [0.5, 0.6) is 11.5 Å². The van der Waals surface area contributed by atoms with Gasteiger partial charge < -0.3 is 25.0 Å². The van der Waals surface area contributed by atoms with E-state index in [1.807, 2.05) is 30.3 Å². The summed E-state index contributed by atoms with van der Waals surface area (Å²) >= 11 is 0. The van der Waals surface area contributed by atoms with Crippen molar-refractivity contribution in [3.63, 3.8) is 0 Å². The Hall–Kier alpha value is -3.22. The molecular weight excluding hydrogens is 404 g/mol. The Kier molecular flexibility index (Phi) is 7.62. The smallest absolute Gasteiger partial charge is 0.253 e. The van der Waals surface area contributed by atoms with Gasteiger partial charge in [0.1, 0.15) is 13.2 Å². The van der Waals surface area contributed by atoms with Crippen LogP contribution in [0.4, 0.5) is 0 Å². The summed E-state index contributed by atoms with van der Waals surface area (Å²) in [5, 5.41) is 6.79. The monoisotopic (exact) mass is 438 g/mol. The van der Waals surface area contributed by atoms with Crippen LogP contribution in [0.25, 0.3) is 0 Å². The number of rotatable bonds is 7. The van der Waals surface area contributed by atoms with E-state index in [0.29, 0.717) is 31.9 Å². The molecule has 1 amide bonds. The number of hydrogen-bond donors (Lipinski definition) is 2. The normalized spacial score (nSPS) is 13.5. The van der Waals surface area contributed by atoms with Gasteiger partial charge in [-0.3, -0.25) is 9.79 Å². The van der Waals surface area contributed by atoms with Gasteiger partial charge in [0.05, 0.1) is 0 Å². The first kappa shape index (κ1) is 23.4. The molecule has 0 fully saturated rings. The predicted molar refractivity (Wildman–Crippen MR) is 128 cm³/mol. The molecule has 3 rings (SSSR count). The van der Waals surface area contributed by atoms with Crippen molar-refractivity contribution >= 4 is 11.9 Å². The molecule has 1 aliphatic heterocycles. The SMILES string of the molecule is CN=C(NCCc1cccc(C(=O)N(C)C)c1)NCC(C)(C)c1ccc2c(c1)OCCO2.